The lowest BCUT2D eigenvalue weighted by Crippen LogP contribution is -2.56. The molecule has 156 valence electrons. The number of rotatable bonds is 5. The molecule has 3 N–H and O–H groups in total. The molecule has 6 nitrogen and oxygen atoms in total. The molecule has 1 aliphatic rings. The van der Waals surface area contributed by atoms with Gasteiger partial charge in [0.25, 0.3) is 0 Å². The first-order valence-corrected chi connectivity index (χ1v) is 10.2. The van der Waals surface area contributed by atoms with Crippen molar-refractivity contribution in [2.45, 2.75) is 28.7 Å². The molecule has 0 saturated carbocycles. The lowest BCUT2D eigenvalue weighted by Gasteiger charge is -2.34. The molecule has 2 aromatic rings. The number of ether oxygens (including phenoxy) is 1. The fourth-order valence-corrected chi connectivity index (χ4v) is 5.19. The van der Waals surface area contributed by atoms with Gasteiger partial charge in [-0.1, -0.05) is 0 Å². The maximum absolute atomic E-state index is 13.1. The van der Waals surface area contributed by atoms with Crippen LogP contribution in [0.25, 0.3) is 0 Å². The van der Waals surface area contributed by atoms with Crippen LogP contribution < -0.4 is 15.8 Å². The zero-order chi connectivity index (χ0) is 21.3. The highest BCUT2D eigenvalue weighted by Gasteiger charge is 2.50. The molecule has 2 aromatic carbocycles. The van der Waals surface area contributed by atoms with Gasteiger partial charge in [0, 0.05) is 0 Å². The normalized spacial score (nSPS) is 16.9. The summed E-state index contributed by atoms with van der Waals surface area (Å²) < 4.78 is 67.8. The van der Waals surface area contributed by atoms with Crippen LogP contribution in [-0.2, 0) is 20.8 Å². The minimum Gasteiger partial charge on any atom is -0.457 e. The Labute approximate surface area is 165 Å². The first-order chi connectivity index (χ1) is 13.6. The van der Waals surface area contributed by atoms with Crippen molar-refractivity contribution in [3.8, 4) is 11.5 Å². The molecule has 1 fully saturated rings. The average molecular weight is 428 g/mol. The summed E-state index contributed by atoms with van der Waals surface area (Å²) in [5.74, 6) is -0.480. The Morgan fingerprint density at radius 2 is 1.45 bits per heavy atom. The number of sulfone groups is 1. The number of benzene rings is 2. The number of carbonyl (C=O) groups excluding carboxylic acids is 1. The number of hydrogen-bond acceptors (Lipinski definition) is 5. The third kappa shape index (κ3) is 4.08. The van der Waals surface area contributed by atoms with Gasteiger partial charge in [0.15, 0.2) is 14.6 Å². The Bertz CT molecular complexity index is 982. The summed E-state index contributed by atoms with van der Waals surface area (Å²) in [6.07, 6.45) is -4.29. The fraction of sp³-hybridized carbons (Fsp3) is 0.316. The van der Waals surface area contributed by atoms with Crippen LogP contribution in [0.4, 0.5) is 13.2 Å². The number of amides is 1. The first-order valence-electron chi connectivity index (χ1n) is 8.77. The van der Waals surface area contributed by atoms with E-state index in [-0.39, 0.29) is 29.2 Å². The molecule has 1 aliphatic heterocycles. The number of piperidine rings is 1. The molecule has 0 aliphatic carbocycles. The van der Waals surface area contributed by atoms with Crippen LogP contribution in [0.1, 0.15) is 18.4 Å². The monoisotopic (exact) mass is 428 g/mol. The van der Waals surface area contributed by atoms with E-state index in [0.717, 1.165) is 12.1 Å². The molecular weight excluding hydrogens is 409 g/mol. The number of primary amides is 1. The smallest absolute Gasteiger partial charge is 0.416 e. The number of carbonyl (C=O) groups is 1. The second-order valence-corrected chi connectivity index (χ2v) is 8.97. The van der Waals surface area contributed by atoms with E-state index in [1.165, 1.54) is 36.4 Å². The fourth-order valence-electron chi connectivity index (χ4n) is 3.24. The first kappa shape index (κ1) is 21.1. The Morgan fingerprint density at radius 3 is 1.90 bits per heavy atom. The van der Waals surface area contributed by atoms with Crippen molar-refractivity contribution in [3.63, 3.8) is 0 Å². The number of hydrogen-bond donors (Lipinski definition) is 2. The standard InChI is InChI=1S/C19H19F3N2O4S/c20-19(21,22)13-1-3-14(4-2-13)28-15-5-7-16(8-6-15)29(26,27)18(17(23)25)9-11-24-12-10-18/h1-8,24H,9-12H2,(H2,23,25). The van der Waals surface area contributed by atoms with E-state index in [1.807, 2.05) is 0 Å². The van der Waals surface area contributed by atoms with Gasteiger partial charge in [0.05, 0.1) is 10.5 Å². The van der Waals surface area contributed by atoms with Gasteiger partial charge in [-0.3, -0.25) is 4.79 Å². The SMILES string of the molecule is NC(=O)C1(S(=O)(=O)c2ccc(Oc3ccc(C(F)(F)F)cc3)cc2)CCNCC1. The lowest BCUT2D eigenvalue weighted by molar-refractivity contribution is -0.137. The highest BCUT2D eigenvalue weighted by molar-refractivity contribution is 7.93. The van der Waals surface area contributed by atoms with Crippen LogP contribution in [0.2, 0.25) is 0 Å². The van der Waals surface area contributed by atoms with E-state index < -0.39 is 32.2 Å². The van der Waals surface area contributed by atoms with E-state index >= 15 is 0 Å². The number of halogens is 3. The van der Waals surface area contributed by atoms with Crippen molar-refractivity contribution in [3.05, 3.63) is 54.1 Å². The largest absolute Gasteiger partial charge is 0.457 e. The highest BCUT2D eigenvalue weighted by atomic mass is 32.2. The summed E-state index contributed by atoms with van der Waals surface area (Å²) in [6.45, 7) is 0.717. The Kier molecular flexibility index (Phi) is 5.59. The zero-order valence-electron chi connectivity index (χ0n) is 15.2. The lowest BCUT2D eigenvalue weighted by atomic mass is 9.96. The summed E-state index contributed by atoms with van der Waals surface area (Å²) in [4.78, 5) is 11.9. The van der Waals surface area contributed by atoms with Crippen LogP contribution in [0.5, 0.6) is 11.5 Å². The Morgan fingerprint density at radius 1 is 0.966 bits per heavy atom. The summed E-state index contributed by atoms with van der Waals surface area (Å²) >= 11 is 0. The molecule has 1 heterocycles. The van der Waals surface area contributed by atoms with E-state index in [2.05, 4.69) is 5.32 Å². The molecule has 3 rings (SSSR count). The molecule has 10 heteroatoms. The van der Waals surface area contributed by atoms with Gasteiger partial charge < -0.3 is 15.8 Å². The number of nitrogens with two attached hydrogens (primary N) is 1. The summed E-state index contributed by atoms with van der Waals surface area (Å²) in [5.41, 5.74) is 4.65. The zero-order valence-corrected chi connectivity index (χ0v) is 16.0. The van der Waals surface area contributed by atoms with Gasteiger partial charge in [-0.05, 0) is 74.5 Å². The van der Waals surface area contributed by atoms with Crippen LogP contribution in [0.3, 0.4) is 0 Å². The van der Waals surface area contributed by atoms with Crippen LogP contribution in [0, 0.1) is 0 Å². The molecule has 29 heavy (non-hydrogen) atoms. The summed E-state index contributed by atoms with van der Waals surface area (Å²) in [7, 11) is -4.03. The molecule has 0 radical (unpaired) electrons. The molecule has 0 spiro atoms. The topological polar surface area (TPSA) is 98.5 Å². The second-order valence-electron chi connectivity index (χ2n) is 6.71. The molecular formula is C19H19F3N2O4S. The van der Waals surface area contributed by atoms with E-state index in [9.17, 15) is 26.4 Å². The minimum absolute atomic E-state index is 0.0713. The van der Waals surface area contributed by atoms with E-state index in [0.29, 0.717) is 13.1 Å². The van der Waals surface area contributed by atoms with Gasteiger partial charge in [0.1, 0.15) is 11.5 Å². The van der Waals surface area contributed by atoms with E-state index in [4.69, 9.17) is 10.5 Å². The van der Waals surface area contributed by atoms with Gasteiger partial charge in [-0.2, -0.15) is 13.2 Å². The Balaban J connectivity index is 1.81. The average Bonchev–Trinajstić information content (AvgIpc) is 2.68. The molecule has 0 unspecified atom stereocenters. The number of nitrogens with one attached hydrogen (secondary N) is 1. The number of alkyl halides is 3. The summed E-state index contributed by atoms with van der Waals surface area (Å²) in [5, 5.41) is 3.00. The molecule has 1 amide bonds. The van der Waals surface area contributed by atoms with Gasteiger partial charge >= 0.3 is 6.18 Å². The molecule has 0 aromatic heterocycles. The molecule has 1 saturated heterocycles. The van der Waals surface area contributed by atoms with Crippen molar-refractivity contribution < 1.29 is 31.1 Å². The summed E-state index contributed by atoms with van der Waals surface area (Å²) in [6, 6.07) is 9.46. The van der Waals surface area contributed by atoms with Crippen molar-refractivity contribution in [1.29, 1.82) is 0 Å². The predicted molar refractivity (Wildman–Crippen MR) is 99.2 cm³/mol. The highest BCUT2D eigenvalue weighted by Crippen LogP contribution is 2.35. The van der Waals surface area contributed by atoms with Gasteiger partial charge in [0.2, 0.25) is 5.91 Å². The van der Waals surface area contributed by atoms with Crippen LogP contribution in [0.15, 0.2) is 53.4 Å². The third-order valence-electron chi connectivity index (χ3n) is 4.93. The maximum Gasteiger partial charge on any atom is 0.416 e. The van der Waals surface area contributed by atoms with Crippen molar-refractivity contribution >= 4 is 15.7 Å². The molecule has 0 atom stereocenters. The van der Waals surface area contributed by atoms with Crippen molar-refractivity contribution in [2.24, 2.45) is 5.73 Å². The second kappa shape index (κ2) is 7.68. The van der Waals surface area contributed by atoms with Crippen LogP contribution in [-0.4, -0.2) is 32.2 Å². The van der Waals surface area contributed by atoms with Gasteiger partial charge in [-0.15, -0.1) is 0 Å². The Hall–Kier alpha value is -2.59. The predicted octanol–water partition coefficient (Wildman–Crippen LogP) is 2.88. The van der Waals surface area contributed by atoms with Crippen molar-refractivity contribution in [2.75, 3.05) is 13.1 Å². The van der Waals surface area contributed by atoms with E-state index in [1.54, 1.807) is 0 Å². The third-order valence-corrected chi connectivity index (χ3v) is 7.46. The van der Waals surface area contributed by atoms with Gasteiger partial charge in [-0.25, -0.2) is 8.42 Å². The molecule has 0 bridgehead atoms. The minimum atomic E-state index is -4.44. The van der Waals surface area contributed by atoms with Crippen LogP contribution >= 0.6 is 0 Å². The maximum atomic E-state index is 13.1. The quantitative estimate of drug-likeness (QED) is 0.763. The van der Waals surface area contributed by atoms with Crippen molar-refractivity contribution in [1.82, 2.24) is 5.32 Å².